The summed E-state index contributed by atoms with van der Waals surface area (Å²) < 4.78 is 5.26. The highest BCUT2D eigenvalue weighted by atomic mass is 35.7. The minimum atomic E-state index is -0.668. The first-order valence-electron chi connectivity index (χ1n) is 4.44. The average molecular weight is 212 g/mol. The third-order valence-corrected chi connectivity index (χ3v) is 2.42. The number of hydrogen-bond donors (Lipinski definition) is 1. The molecule has 0 aliphatic rings. The van der Waals surface area contributed by atoms with E-state index in [9.17, 15) is 0 Å². The van der Waals surface area contributed by atoms with Gasteiger partial charge in [0, 0.05) is 0 Å². The Kier molecular flexibility index (Phi) is 10.2. The van der Waals surface area contributed by atoms with Crippen molar-refractivity contribution in [2.24, 2.45) is 0 Å². The van der Waals surface area contributed by atoms with Crippen molar-refractivity contribution in [3.63, 3.8) is 0 Å². The van der Waals surface area contributed by atoms with E-state index < -0.39 is 7.50 Å². The Hall–Kier alpha value is 0.640. The maximum absolute atomic E-state index is 5.67. The number of rotatable bonds is 8. The van der Waals surface area contributed by atoms with Crippen molar-refractivity contribution in [3.05, 3.63) is 0 Å². The van der Waals surface area contributed by atoms with Gasteiger partial charge in [0.15, 0.2) is 0 Å². The van der Waals surface area contributed by atoms with Gasteiger partial charge in [-0.3, -0.25) is 0 Å². The van der Waals surface area contributed by atoms with Crippen LogP contribution < -0.4 is 5.32 Å². The molecule has 0 aliphatic heterocycles. The molecule has 0 amide bonds. The predicted octanol–water partition coefficient (Wildman–Crippen LogP) is 2.96. The van der Waals surface area contributed by atoms with Gasteiger partial charge in [0.05, 0.1) is 6.61 Å². The Morgan fingerprint density at radius 1 is 1.25 bits per heavy atom. The van der Waals surface area contributed by atoms with Gasteiger partial charge in [-0.05, 0) is 33.1 Å². The molecule has 12 heavy (non-hydrogen) atoms. The molecule has 0 heterocycles. The quantitative estimate of drug-likeness (QED) is 0.492. The molecule has 1 unspecified atom stereocenters. The first kappa shape index (κ1) is 12.6. The van der Waals surface area contributed by atoms with E-state index in [-0.39, 0.29) is 0 Å². The van der Waals surface area contributed by atoms with E-state index in [2.05, 4.69) is 5.32 Å². The fraction of sp³-hybridized carbons (Fsp3) is 1.00. The van der Waals surface area contributed by atoms with Gasteiger partial charge in [0.1, 0.15) is 7.50 Å². The van der Waals surface area contributed by atoms with Crippen LogP contribution in [-0.4, -0.2) is 26.9 Å². The summed E-state index contributed by atoms with van der Waals surface area (Å²) in [5.41, 5.74) is 0. The smallest absolute Gasteiger partial charge is 0.121 e. The third kappa shape index (κ3) is 10.6. The molecule has 2 nitrogen and oxygen atoms in total. The van der Waals surface area contributed by atoms with Gasteiger partial charge >= 0.3 is 0 Å². The van der Waals surface area contributed by atoms with Crippen molar-refractivity contribution < 1.29 is 4.52 Å². The highest BCUT2D eigenvalue weighted by molar-refractivity contribution is 7.79. The van der Waals surface area contributed by atoms with Crippen LogP contribution in [0, 0.1) is 0 Å². The zero-order valence-corrected chi connectivity index (χ0v) is 9.63. The summed E-state index contributed by atoms with van der Waals surface area (Å²) in [5, 5.41) is 3.13. The van der Waals surface area contributed by atoms with E-state index in [1.165, 1.54) is 19.3 Å². The van der Waals surface area contributed by atoms with E-state index in [0.717, 1.165) is 19.6 Å². The minimum absolute atomic E-state index is 0.668. The van der Waals surface area contributed by atoms with Crippen molar-refractivity contribution in [3.8, 4) is 0 Å². The minimum Gasteiger partial charge on any atom is -0.343 e. The molecular formula is C8H19ClNOP. The normalized spacial score (nSPS) is 13.2. The molecule has 0 saturated carbocycles. The maximum Gasteiger partial charge on any atom is 0.121 e. The summed E-state index contributed by atoms with van der Waals surface area (Å²) in [6.07, 6.45) is 4.94. The van der Waals surface area contributed by atoms with E-state index in [0.29, 0.717) is 0 Å². The standard InChI is InChI=1S/C8H19ClNOP/c1-10-7-5-3-4-6-8-11-12(2)9/h10H,3-8H2,1-2H3. The zero-order valence-electron chi connectivity index (χ0n) is 7.98. The summed E-state index contributed by atoms with van der Waals surface area (Å²) in [6, 6.07) is 0. The molecule has 1 N–H and O–H groups in total. The molecule has 4 heteroatoms. The van der Waals surface area contributed by atoms with E-state index in [4.69, 9.17) is 15.8 Å². The monoisotopic (exact) mass is 211 g/mol. The van der Waals surface area contributed by atoms with Crippen molar-refractivity contribution in [2.75, 3.05) is 26.9 Å². The highest BCUT2D eigenvalue weighted by Crippen LogP contribution is 2.37. The van der Waals surface area contributed by atoms with Crippen LogP contribution in [0.4, 0.5) is 0 Å². The molecule has 0 saturated heterocycles. The van der Waals surface area contributed by atoms with Gasteiger partial charge in [-0.15, -0.1) is 0 Å². The lowest BCUT2D eigenvalue weighted by molar-refractivity contribution is 0.344. The molecule has 0 fully saturated rings. The Morgan fingerprint density at radius 2 is 1.92 bits per heavy atom. The van der Waals surface area contributed by atoms with Gasteiger partial charge in [-0.1, -0.05) is 24.1 Å². The molecule has 0 radical (unpaired) electrons. The lowest BCUT2D eigenvalue weighted by atomic mass is 10.2. The molecule has 0 aromatic carbocycles. The van der Waals surface area contributed by atoms with Crippen LogP contribution in [-0.2, 0) is 4.52 Å². The lowest BCUT2D eigenvalue weighted by Gasteiger charge is -2.04. The van der Waals surface area contributed by atoms with Crippen LogP contribution in [0.3, 0.4) is 0 Å². The van der Waals surface area contributed by atoms with Crippen molar-refractivity contribution in [2.45, 2.75) is 25.7 Å². The first-order chi connectivity index (χ1) is 5.77. The fourth-order valence-electron chi connectivity index (χ4n) is 0.948. The zero-order chi connectivity index (χ0) is 9.23. The van der Waals surface area contributed by atoms with E-state index in [1.54, 1.807) is 0 Å². The lowest BCUT2D eigenvalue weighted by Crippen LogP contribution is -2.07. The molecule has 0 bridgehead atoms. The fourth-order valence-corrected chi connectivity index (χ4v) is 1.54. The van der Waals surface area contributed by atoms with Crippen molar-refractivity contribution >= 4 is 18.7 Å². The third-order valence-electron chi connectivity index (χ3n) is 1.59. The van der Waals surface area contributed by atoms with Gasteiger partial charge in [0.2, 0.25) is 0 Å². The Balaban J connectivity index is 2.82. The van der Waals surface area contributed by atoms with Crippen LogP contribution in [0.5, 0.6) is 0 Å². The van der Waals surface area contributed by atoms with Crippen LogP contribution in [0.25, 0.3) is 0 Å². The van der Waals surface area contributed by atoms with Gasteiger partial charge < -0.3 is 9.84 Å². The molecule has 0 rings (SSSR count). The van der Waals surface area contributed by atoms with E-state index in [1.807, 2.05) is 13.7 Å². The van der Waals surface area contributed by atoms with Crippen LogP contribution >= 0.6 is 18.7 Å². The second-order valence-corrected chi connectivity index (χ2v) is 5.30. The molecular weight excluding hydrogens is 193 g/mol. The van der Waals surface area contributed by atoms with Crippen LogP contribution in [0.1, 0.15) is 25.7 Å². The largest absolute Gasteiger partial charge is 0.343 e. The maximum atomic E-state index is 5.67. The topological polar surface area (TPSA) is 21.3 Å². The second-order valence-electron chi connectivity index (χ2n) is 2.77. The van der Waals surface area contributed by atoms with Crippen molar-refractivity contribution in [1.29, 1.82) is 0 Å². The summed E-state index contributed by atoms with van der Waals surface area (Å²) in [6.45, 7) is 3.86. The molecule has 0 spiro atoms. The molecule has 74 valence electrons. The summed E-state index contributed by atoms with van der Waals surface area (Å²) in [4.78, 5) is 0. The van der Waals surface area contributed by atoms with Gasteiger partial charge in [-0.25, -0.2) is 0 Å². The average Bonchev–Trinajstić information content (AvgIpc) is 2.02. The number of unbranched alkanes of at least 4 members (excludes halogenated alkanes) is 3. The number of hydrogen-bond acceptors (Lipinski definition) is 2. The summed E-state index contributed by atoms with van der Waals surface area (Å²) >= 11 is 5.67. The van der Waals surface area contributed by atoms with Gasteiger partial charge in [-0.2, -0.15) is 0 Å². The molecule has 0 aromatic heterocycles. The van der Waals surface area contributed by atoms with Gasteiger partial charge in [0.25, 0.3) is 0 Å². The summed E-state index contributed by atoms with van der Waals surface area (Å²) in [5.74, 6) is 0. The molecule has 1 atom stereocenters. The second kappa shape index (κ2) is 9.73. The molecule has 0 aliphatic carbocycles. The van der Waals surface area contributed by atoms with E-state index >= 15 is 0 Å². The Labute approximate surface area is 81.6 Å². The Morgan fingerprint density at radius 3 is 2.50 bits per heavy atom. The first-order valence-corrected chi connectivity index (χ1v) is 7.05. The van der Waals surface area contributed by atoms with Crippen molar-refractivity contribution in [1.82, 2.24) is 5.32 Å². The Bertz CT molecular complexity index is 93.1. The van der Waals surface area contributed by atoms with Crippen LogP contribution in [0.15, 0.2) is 0 Å². The number of nitrogens with one attached hydrogen (secondary N) is 1. The van der Waals surface area contributed by atoms with Crippen LogP contribution in [0.2, 0.25) is 0 Å². The SMILES string of the molecule is CNCCCCCCOP(C)Cl. The predicted molar refractivity (Wildman–Crippen MR) is 57.0 cm³/mol. The summed E-state index contributed by atoms with van der Waals surface area (Å²) in [7, 11) is 1.32. The highest BCUT2D eigenvalue weighted by Gasteiger charge is 1.94. The molecule has 0 aromatic rings. The number of halogens is 1.